The average molecular weight is 1340 g/mol. The van der Waals surface area contributed by atoms with Gasteiger partial charge in [0.1, 0.15) is 95.6 Å². The smallest absolute Gasteiger partial charge is 0.330 e. The summed E-state index contributed by atoms with van der Waals surface area (Å²) in [6.45, 7) is 3.32. The first-order valence-electron chi connectivity index (χ1n) is 28.6. The Bertz CT molecular complexity index is 3770. The number of aliphatic hydroxyl groups is 5. The van der Waals surface area contributed by atoms with E-state index in [0.29, 0.717) is 0 Å². The number of hydrogen-bond donors (Lipinski definition) is 18. The van der Waals surface area contributed by atoms with Gasteiger partial charge >= 0.3 is 5.97 Å². The van der Waals surface area contributed by atoms with E-state index in [1.165, 1.54) is 26.3 Å². The number of aliphatic hydroxyl groups excluding tert-OH is 5. The number of rotatable bonds is 13. The molecule has 14 atom stereocenters. The van der Waals surface area contributed by atoms with Crippen LogP contribution in [0.25, 0.3) is 11.1 Å². The molecule has 0 radical (unpaired) electrons. The molecule has 7 amide bonds. The lowest BCUT2D eigenvalue weighted by molar-refractivity contribution is -0.273. The van der Waals surface area contributed by atoms with E-state index in [1.54, 1.807) is 0 Å². The standard InChI is InChI=1S/C60H65Cl2N9O22/c1-21(2)11-31(64-3)53(81)70-45-47(76)23-6-9-35(29(61)13-23)90-37-15-25-16-38(52(37)93-60-51(80)50(79)49(78)39(92-60)20-65-89-4)91-36-10-7-24(14-30(36)62)48(77)46-58(86)69-44(59(87)88)28-17-26(72)18-34(74)41(28)27-12-22(5-8-33(27)73)42(55(83)71-46)68-56(84)43(25)67-54(82)32(19-40(63)75)66-57(45)85/h5-10,12-18,21,31-32,39,42-51,60,64-65,72-74,76-80H,11,19-20H2,1-4H3,(H2,63,75)(H,66,85)(H,67,82)(H,68,84)(H,69,86)(H,70,81)(H,71,83)(H,87,88)/t31-,32+,39-,42-,43-,44+,45-,46+,47-,48-,49-,50+,51-,60+/m1/s1. The number of aliphatic carboxylic acids is 1. The molecule has 0 unspecified atom stereocenters. The zero-order chi connectivity index (χ0) is 67.6. The summed E-state index contributed by atoms with van der Waals surface area (Å²) in [6.07, 6.45) is -14.3. The molecule has 0 saturated carbocycles. The highest BCUT2D eigenvalue weighted by Gasteiger charge is 2.47. The van der Waals surface area contributed by atoms with Gasteiger partial charge in [-0.25, -0.2) is 10.3 Å². The van der Waals surface area contributed by atoms with Gasteiger partial charge < -0.3 is 113 Å². The predicted octanol–water partition coefficient (Wildman–Crippen LogP) is 0.0274. The summed E-state index contributed by atoms with van der Waals surface area (Å²) in [4.78, 5) is 121. The second-order valence-corrected chi connectivity index (χ2v) is 23.4. The maximum atomic E-state index is 15.8. The number of carbonyl (C=O) groups excluding carboxylic acids is 7. The van der Waals surface area contributed by atoms with E-state index in [9.17, 15) is 69.9 Å². The molecule has 0 aromatic heterocycles. The van der Waals surface area contributed by atoms with Gasteiger partial charge in [0.2, 0.25) is 53.4 Å². The Balaban J connectivity index is 1.32. The van der Waals surface area contributed by atoms with E-state index in [4.69, 9.17) is 52.7 Å². The predicted molar refractivity (Wildman–Crippen MR) is 321 cm³/mol. The zero-order valence-corrected chi connectivity index (χ0v) is 51.0. The van der Waals surface area contributed by atoms with Crippen molar-refractivity contribution < 1.29 is 108 Å². The van der Waals surface area contributed by atoms with Crippen LogP contribution in [0.5, 0.6) is 46.0 Å². The van der Waals surface area contributed by atoms with Gasteiger partial charge in [-0.05, 0) is 96.2 Å². The summed E-state index contributed by atoms with van der Waals surface area (Å²) < 4.78 is 25.3. The molecule has 0 aliphatic carbocycles. The summed E-state index contributed by atoms with van der Waals surface area (Å²) >= 11 is 13.9. The van der Waals surface area contributed by atoms with Crippen molar-refractivity contribution in [3.8, 4) is 57.1 Å². The van der Waals surface area contributed by atoms with Crippen LogP contribution in [-0.2, 0) is 47.9 Å². The van der Waals surface area contributed by atoms with Crippen LogP contribution < -0.4 is 62.6 Å². The molecule has 0 spiro atoms. The Morgan fingerprint density at radius 2 is 1.27 bits per heavy atom. The van der Waals surface area contributed by atoms with Gasteiger partial charge in [-0.2, -0.15) is 0 Å². The molecule has 19 N–H and O–H groups in total. The summed E-state index contributed by atoms with van der Waals surface area (Å²) in [6, 6.07) is -0.385. The van der Waals surface area contributed by atoms with Crippen LogP contribution in [0.2, 0.25) is 10.0 Å². The number of nitrogens with two attached hydrogens (primary N) is 1. The monoisotopic (exact) mass is 1330 g/mol. The largest absolute Gasteiger partial charge is 0.508 e. The number of hydroxylamine groups is 1. The summed E-state index contributed by atoms with van der Waals surface area (Å²) in [5.41, 5.74) is 5.45. The number of phenolic OH excluding ortho intramolecular Hbond substituents is 3. The Kier molecular flexibility index (Phi) is 20.8. The summed E-state index contributed by atoms with van der Waals surface area (Å²) in [5, 5.41) is 119. The number of ether oxygens (including phenoxy) is 4. The van der Waals surface area contributed by atoms with Crippen molar-refractivity contribution in [1.29, 1.82) is 0 Å². The van der Waals surface area contributed by atoms with Crippen molar-refractivity contribution in [2.45, 2.75) is 112 Å². The number of amides is 7. The first-order chi connectivity index (χ1) is 44.1. The van der Waals surface area contributed by atoms with Crippen LogP contribution in [-0.4, -0.2) is 169 Å². The van der Waals surface area contributed by atoms with Gasteiger partial charge in [0.15, 0.2) is 17.5 Å². The molecule has 31 nitrogen and oxygen atoms in total. The maximum Gasteiger partial charge on any atom is 0.330 e. The van der Waals surface area contributed by atoms with Gasteiger partial charge in [0, 0.05) is 22.8 Å². The summed E-state index contributed by atoms with van der Waals surface area (Å²) in [5.74, 6) is -15.6. The Morgan fingerprint density at radius 1 is 0.667 bits per heavy atom. The first-order valence-corrected chi connectivity index (χ1v) is 29.3. The lowest BCUT2D eigenvalue weighted by Gasteiger charge is -2.40. The van der Waals surface area contributed by atoms with Crippen molar-refractivity contribution >= 4 is 70.5 Å². The SMILES string of the molecule is CN[C@H](CC(C)C)C(=O)N[C@H]1C(=O)N[C@@H](CC(N)=O)C(=O)N[C@H]2C(=O)N[C@H]3C(=O)N[C@H](C(=O)N[C@H](C(=O)O)c4cc(O)cc(O)c4-c4cc3ccc4O)[C@H](O)c3ccc(c(Cl)c3)Oc3cc2cc(c3O[C@@H]2O[C@H](CNOC)[C@@H](O)[C@H](O)[C@H]2O)Oc2ccc(cc2Cl)[C@H]1O. The fourth-order valence-corrected chi connectivity index (χ4v) is 11.4. The number of hydrogen-bond acceptors (Lipinski definition) is 23. The molecular weight excluding hydrogens is 1270 g/mol. The Morgan fingerprint density at radius 3 is 1.86 bits per heavy atom. The van der Waals surface area contributed by atoms with Crippen molar-refractivity contribution in [3.63, 3.8) is 0 Å². The van der Waals surface area contributed by atoms with E-state index < -0.39 is 201 Å². The third-order valence-corrected chi connectivity index (χ3v) is 16.2. The van der Waals surface area contributed by atoms with E-state index in [0.717, 1.165) is 66.7 Å². The van der Waals surface area contributed by atoms with Crippen LogP contribution in [0, 0.1) is 5.92 Å². The molecule has 1 fully saturated rings. The number of halogens is 2. The Hall–Kier alpha value is -9.12. The second-order valence-electron chi connectivity index (χ2n) is 22.5. The molecule has 6 aliphatic heterocycles. The van der Waals surface area contributed by atoms with Gasteiger partial charge in [-0.1, -0.05) is 55.2 Å². The van der Waals surface area contributed by atoms with E-state index in [2.05, 4.69) is 42.7 Å². The molecule has 1 saturated heterocycles. The minimum absolute atomic E-state index is 0.0801. The molecule has 11 bridgehead atoms. The highest BCUT2D eigenvalue weighted by Crippen LogP contribution is 2.49. The van der Waals surface area contributed by atoms with Crippen molar-refractivity contribution in [1.82, 2.24) is 42.7 Å². The number of aromatic hydroxyl groups is 3. The zero-order valence-electron chi connectivity index (χ0n) is 49.5. The number of carboxylic acids is 1. The fourth-order valence-electron chi connectivity index (χ4n) is 10.9. The topological polar surface area (TPSA) is 487 Å². The van der Waals surface area contributed by atoms with Gasteiger partial charge in [-0.3, -0.25) is 33.6 Å². The van der Waals surface area contributed by atoms with Crippen LogP contribution in [0.4, 0.5) is 0 Å². The number of fused-ring (bicyclic) bond motifs is 15. The van der Waals surface area contributed by atoms with E-state index in [-0.39, 0.29) is 52.1 Å². The fraction of sp³-hybridized carbons (Fsp3) is 0.367. The van der Waals surface area contributed by atoms with Crippen molar-refractivity contribution in [2.75, 3.05) is 20.7 Å². The van der Waals surface area contributed by atoms with Crippen molar-refractivity contribution in [3.05, 3.63) is 117 Å². The third-order valence-electron chi connectivity index (χ3n) is 15.6. The number of carbonyl (C=O) groups is 8. The number of primary amides is 1. The molecule has 93 heavy (non-hydrogen) atoms. The van der Waals surface area contributed by atoms with Gasteiger partial charge in [-0.15, -0.1) is 0 Å². The normalized spacial score (nSPS) is 25.9. The number of likely N-dealkylation sites (N-methyl/N-ethyl adjacent to an activating group) is 1. The molecule has 6 aliphatic rings. The van der Waals surface area contributed by atoms with Crippen molar-refractivity contribution in [2.24, 2.45) is 11.7 Å². The number of carboxylic acid groups (broad SMARTS) is 1. The number of nitrogens with one attached hydrogen (secondary N) is 8. The minimum atomic E-state index is -2.30. The molecule has 33 heteroatoms. The molecular formula is C60H65Cl2N9O22. The molecule has 6 heterocycles. The van der Waals surface area contributed by atoms with Crippen LogP contribution in [0.15, 0.2) is 78.9 Å². The van der Waals surface area contributed by atoms with Gasteiger partial charge in [0.25, 0.3) is 0 Å². The maximum absolute atomic E-state index is 15.8. The lowest BCUT2D eigenvalue weighted by atomic mass is 9.89. The van der Waals surface area contributed by atoms with E-state index in [1.807, 2.05) is 13.8 Å². The quantitative estimate of drug-likeness (QED) is 0.0691. The van der Waals surface area contributed by atoms with Crippen LogP contribution in [0.1, 0.15) is 84.8 Å². The van der Waals surface area contributed by atoms with Crippen LogP contribution in [0.3, 0.4) is 0 Å². The number of phenols is 3. The highest BCUT2D eigenvalue weighted by molar-refractivity contribution is 6.32. The van der Waals surface area contributed by atoms with E-state index >= 15 is 14.4 Å². The van der Waals surface area contributed by atoms with Gasteiger partial charge in [0.05, 0.1) is 36.2 Å². The highest BCUT2D eigenvalue weighted by atomic mass is 35.5. The Labute approximate surface area is 537 Å². The number of benzene rings is 5. The molecule has 11 rings (SSSR count). The van der Waals surface area contributed by atoms with Crippen LogP contribution >= 0.6 is 23.2 Å². The molecule has 5 aromatic carbocycles. The first kappa shape index (κ1) is 68.3. The molecule has 5 aromatic rings. The second kappa shape index (κ2) is 28.4. The lowest BCUT2D eigenvalue weighted by Crippen LogP contribution is -2.61. The third kappa shape index (κ3) is 14.7. The molecule has 496 valence electrons. The minimum Gasteiger partial charge on any atom is -0.508 e. The summed E-state index contributed by atoms with van der Waals surface area (Å²) in [7, 11) is 2.72. The average Bonchev–Trinajstić information content (AvgIpc) is 0.780.